The number of esters is 3. The largest absolute Gasteiger partial charge is 0.462 e. The van der Waals surface area contributed by atoms with Crippen molar-refractivity contribution >= 4 is 41.7 Å². The number of hydrogen-bond acceptors (Lipinski definition) is 25. The molecule has 4 heterocycles. The molecule has 4 aliphatic heterocycles. The van der Waals surface area contributed by atoms with Gasteiger partial charge in [-0.25, -0.2) is 4.79 Å². The molecule has 634 valence electrons. The molecular formula is C88H112N4O25. The smallest absolute Gasteiger partial charge is 0.407 e. The van der Waals surface area contributed by atoms with Crippen molar-refractivity contribution in [2.75, 3.05) is 26.4 Å². The predicted octanol–water partition coefficient (Wildman–Crippen LogP) is 8.53. The summed E-state index contributed by atoms with van der Waals surface area (Å²) in [5.41, 5.74) is 0.757. The van der Waals surface area contributed by atoms with Crippen LogP contribution in [-0.4, -0.2) is 201 Å². The van der Waals surface area contributed by atoms with Gasteiger partial charge in [0.15, 0.2) is 25.2 Å². The highest BCUT2D eigenvalue weighted by Gasteiger charge is 2.59. The number of benzene rings is 6. The van der Waals surface area contributed by atoms with Crippen LogP contribution in [0.5, 0.6) is 0 Å². The summed E-state index contributed by atoms with van der Waals surface area (Å²) in [7, 11) is 0. The van der Waals surface area contributed by atoms with Crippen LogP contribution in [0.1, 0.15) is 116 Å². The molecule has 6 aromatic carbocycles. The van der Waals surface area contributed by atoms with Crippen molar-refractivity contribution in [3.8, 4) is 0 Å². The maximum absolute atomic E-state index is 14.9. The lowest BCUT2D eigenvalue weighted by molar-refractivity contribution is -0.369. The Bertz CT molecular complexity index is 4100. The summed E-state index contributed by atoms with van der Waals surface area (Å²) in [6.45, 7) is 15.3. The number of amides is 4. The van der Waals surface area contributed by atoms with Crippen molar-refractivity contribution in [1.29, 1.82) is 0 Å². The molecule has 0 aliphatic carbocycles. The average molecular weight is 1630 g/mol. The molecule has 20 atom stereocenters. The van der Waals surface area contributed by atoms with Crippen molar-refractivity contribution in [2.24, 2.45) is 16.2 Å². The van der Waals surface area contributed by atoms with Crippen molar-refractivity contribution in [3.05, 3.63) is 215 Å². The summed E-state index contributed by atoms with van der Waals surface area (Å²) in [5.74, 6) is -3.90. The van der Waals surface area contributed by atoms with Crippen LogP contribution in [0.2, 0.25) is 0 Å². The first-order valence-electron chi connectivity index (χ1n) is 39.4. The molecule has 0 saturated carbocycles. The minimum absolute atomic E-state index is 0.0354. The fourth-order valence-corrected chi connectivity index (χ4v) is 13.7. The zero-order valence-corrected chi connectivity index (χ0v) is 68.2. The van der Waals surface area contributed by atoms with Gasteiger partial charge in [0, 0.05) is 20.8 Å². The van der Waals surface area contributed by atoms with Crippen LogP contribution in [0.15, 0.2) is 182 Å². The van der Waals surface area contributed by atoms with E-state index in [1.165, 1.54) is 20.8 Å². The normalized spacial score (nSPS) is 27.4. The van der Waals surface area contributed by atoms with Gasteiger partial charge in [-0.3, -0.25) is 28.8 Å². The number of carbonyl (C=O) groups excluding carboxylic acids is 7. The van der Waals surface area contributed by atoms with Crippen molar-refractivity contribution in [1.82, 2.24) is 21.3 Å². The van der Waals surface area contributed by atoms with Crippen molar-refractivity contribution in [3.63, 3.8) is 0 Å². The van der Waals surface area contributed by atoms with Crippen LogP contribution in [0.4, 0.5) is 4.79 Å². The topological polar surface area (TPSA) is 356 Å². The third-order valence-corrected chi connectivity index (χ3v) is 19.7. The molecule has 6 N–H and O–H groups in total. The summed E-state index contributed by atoms with van der Waals surface area (Å²) in [4.78, 5) is 99.3. The Kier molecular flexibility index (Phi) is 32.8. The zero-order valence-electron chi connectivity index (χ0n) is 68.2. The van der Waals surface area contributed by atoms with E-state index in [2.05, 4.69) is 21.3 Å². The summed E-state index contributed by atoms with van der Waals surface area (Å²) in [5, 5.41) is 34.6. The van der Waals surface area contributed by atoms with Crippen molar-refractivity contribution in [2.45, 2.75) is 245 Å². The number of hydrogen-bond donors (Lipinski definition) is 6. The van der Waals surface area contributed by atoms with E-state index in [4.69, 9.17) is 75.8 Å². The standard InChI is InChI=1S/C88H112N4O25/c1-53(94)89-66-74(103-45-57-33-21-14-22-34-57)71(62(43-93)111-78(66)97)115-79-67(90-54(2)95)76(105-47-59-37-25-16-26-38-59)72(64(113-79)51-108-83(99)87(7,8)9)116-80-68(91-55(3)96)77(106-48-60-39-27-17-28-40-60)73(65(114-80)52-109-84(100)88(10,11)12)117-81-69(92-85(101)110-49-61-41-29-18-30-42-61)75(104-46-58-35-23-15-24-36-58)70(102-44-56-31-19-13-20-32-56)63(112-81)50-107-82(98)86(4,5)6/h13-42,62-81,93,97H,43-52H2,1-12H3,(H,89,94)(H,90,95)(H,91,96)(H,92,101)/t62-,63-,64-,65-,66-,67-,68-,69-,70-,71-,72-,73-,74-,75-,76-,77-,78-,79+,80+,81+/m1/s1. The first-order valence-corrected chi connectivity index (χ1v) is 39.4. The van der Waals surface area contributed by atoms with Gasteiger partial charge in [0.2, 0.25) is 17.7 Å². The number of ether oxygens (including phenoxy) is 16. The second kappa shape index (κ2) is 42.5. The Labute approximate surface area is 682 Å². The predicted molar refractivity (Wildman–Crippen MR) is 421 cm³/mol. The van der Waals surface area contributed by atoms with Crippen LogP contribution < -0.4 is 21.3 Å². The quantitative estimate of drug-likeness (QED) is 0.0163. The van der Waals surface area contributed by atoms with Gasteiger partial charge in [0.25, 0.3) is 0 Å². The van der Waals surface area contributed by atoms with Crippen LogP contribution in [-0.2, 0) is 144 Å². The number of aliphatic hydroxyl groups is 2. The Morgan fingerprint density at radius 1 is 0.316 bits per heavy atom. The molecule has 4 saturated heterocycles. The molecule has 0 radical (unpaired) electrons. The molecule has 117 heavy (non-hydrogen) atoms. The molecule has 29 nitrogen and oxygen atoms in total. The van der Waals surface area contributed by atoms with E-state index in [0.717, 1.165) is 5.56 Å². The molecule has 4 amide bonds. The summed E-state index contributed by atoms with van der Waals surface area (Å²) in [6, 6.07) is 48.6. The van der Waals surface area contributed by atoms with Crippen molar-refractivity contribution < 1.29 is 120 Å². The number of alkyl carbamates (subject to hydrolysis) is 1. The van der Waals surface area contributed by atoms with Crippen LogP contribution in [0.3, 0.4) is 0 Å². The molecule has 4 fully saturated rings. The summed E-state index contributed by atoms with van der Waals surface area (Å²) < 4.78 is 109. The van der Waals surface area contributed by atoms with E-state index in [-0.39, 0.29) is 39.6 Å². The number of aliphatic hydroxyl groups excluding tert-OH is 2. The summed E-state index contributed by atoms with van der Waals surface area (Å²) >= 11 is 0. The van der Waals surface area contributed by atoms with Gasteiger partial charge in [-0.1, -0.05) is 182 Å². The maximum atomic E-state index is 14.9. The Balaban J connectivity index is 1.14. The van der Waals surface area contributed by atoms with Crippen LogP contribution >= 0.6 is 0 Å². The van der Waals surface area contributed by atoms with Crippen LogP contribution in [0.25, 0.3) is 0 Å². The molecule has 6 aromatic rings. The molecule has 0 aromatic heterocycles. The molecule has 0 bridgehead atoms. The lowest BCUT2D eigenvalue weighted by Gasteiger charge is -2.52. The van der Waals surface area contributed by atoms with E-state index in [1.807, 2.05) is 84.9 Å². The minimum atomic E-state index is -1.82. The fraction of sp³-hybridized carbons (Fsp3) is 0.511. The van der Waals surface area contributed by atoms with E-state index < -0.39 is 207 Å². The van der Waals surface area contributed by atoms with Gasteiger partial charge in [-0.15, -0.1) is 0 Å². The van der Waals surface area contributed by atoms with Gasteiger partial charge in [0.1, 0.15) is 124 Å². The highest BCUT2D eigenvalue weighted by Crippen LogP contribution is 2.40. The Morgan fingerprint density at radius 2 is 0.564 bits per heavy atom. The Hall–Kier alpha value is -9.15. The van der Waals surface area contributed by atoms with Gasteiger partial charge in [0.05, 0.1) is 55.9 Å². The van der Waals surface area contributed by atoms with E-state index in [0.29, 0.717) is 27.8 Å². The van der Waals surface area contributed by atoms with Gasteiger partial charge in [-0.05, 0) is 95.7 Å². The third-order valence-electron chi connectivity index (χ3n) is 19.7. The molecular weight excluding hydrogens is 1510 g/mol. The number of nitrogens with one attached hydrogen (secondary N) is 4. The Morgan fingerprint density at radius 3 is 0.855 bits per heavy atom. The second-order valence-electron chi connectivity index (χ2n) is 32.4. The average Bonchev–Trinajstić information content (AvgIpc) is 0.757. The van der Waals surface area contributed by atoms with Gasteiger partial charge in [-0.2, -0.15) is 0 Å². The maximum Gasteiger partial charge on any atom is 0.407 e. The first-order chi connectivity index (χ1) is 55.9. The van der Waals surface area contributed by atoms with E-state index >= 15 is 0 Å². The lowest BCUT2D eigenvalue weighted by atomic mass is 9.92. The molecule has 0 unspecified atom stereocenters. The second-order valence-corrected chi connectivity index (χ2v) is 32.4. The molecule has 10 rings (SSSR count). The third kappa shape index (κ3) is 26.2. The first kappa shape index (κ1) is 90.2. The molecule has 4 aliphatic rings. The fourth-order valence-electron chi connectivity index (χ4n) is 13.7. The lowest BCUT2D eigenvalue weighted by Crippen LogP contribution is -2.72. The van der Waals surface area contributed by atoms with E-state index in [1.54, 1.807) is 159 Å². The highest BCUT2D eigenvalue weighted by atomic mass is 16.8. The van der Waals surface area contributed by atoms with Gasteiger partial charge >= 0.3 is 24.0 Å². The van der Waals surface area contributed by atoms with Crippen LogP contribution in [0, 0.1) is 16.2 Å². The molecule has 0 spiro atoms. The zero-order chi connectivity index (χ0) is 84.0. The monoisotopic (exact) mass is 1620 g/mol. The number of carbonyl (C=O) groups is 7. The SMILES string of the molecule is CC(=O)N[C@@H]1[C@@H](OCc2ccccc2)[C@H](O[C@@H]2O[C@H](COC(=O)C(C)(C)C)[C@@H](O[C@@H]3O[C@H](COC(=O)C(C)(C)C)[C@@H](O[C@@H]4O[C@H](COC(=O)C(C)(C)C)[C@@H](OCc5ccccc5)[C@H](OCc5ccccc5)[C@H]4NC(=O)OCc4ccccc4)[C@H](OCc4ccccc4)[C@H]3NC(C)=O)[C@H](OCc3ccccc3)[C@H]2NC(C)=O)[C@@H](CO)O[C@H]1O. The minimum Gasteiger partial charge on any atom is -0.462 e. The van der Waals surface area contributed by atoms with E-state index in [9.17, 15) is 43.8 Å². The number of rotatable bonds is 34. The molecule has 29 heteroatoms. The van der Waals surface area contributed by atoms with Gasteiger partial charge < -0.3 is 107 Å². The highest BCUT2D eigenvalue weighted by molar-refractivity contribution is 5.77. The summed E-state index contributed by atoms with van der Waals surface area (Å²) in [6.07, 6.45) is -25.5.